The SMILES string of the molecule is COc1cc(Cl)c(C)cc1NC(=O)C[C@H]1C[C@H]2CC[C@H]1C2. The van der Waals surface area contributed by atoms with Gasteiger partial charge >= 0.3 is 0 Å². The van der Waals surface area contributed by atoms with E-state index in [1.54, 1.807) is 13.2 Å². The Labute approximate surface area is 131 Å². The van der Waals surface area contributed by atoms with E-state index in [0.717, 1.165) is 17.4 Å². The molecule has 2 aliphatic rings. The maximum Gasteiger partial charge on any atom is 0.224 e. The average Bonchev–Trinajstić information content (AvgIpc) is 3.05. The molecule has 1 N–H and O–H groups in total. The van der Waals surface area contributed by atoms with Crippen molar-refractivity contribution in [2.75, 3.05) is 12.4 Å². The third kappa shape index (κ3) is 3.03. The van der Waals surface area contributed by atoms with E-state index in [1.807, 2.05) is 13.0 Å². The first kappa shape index (κ1) is 14.7. The van der Waals surface area contributed by atoms with Gasteiger partial charge in [0.25, 0.3) is 0 Å². The van der Waals surface area contributed by atoms with Crippen molar-refractivity contribution in [2.24, 2.45) is 17.8 Å². The Bertz CT molecular complexity index is 558. The van der Waals surface area contributed by atoms with Crippen molar-refractivity contribution in [3.8, 4) is 5.75 Å². The molecule has 2 aliphatic carbocycles. The van der Waals surface area contributed by atoms with Gasteiger partial charge in [-0.25, -0.2) is 0 Å². The highest BCUT2D eigenvalue weighted by molar-refractivity contribution is 6.31. The van der Waals surface area contributed by atoms with Crippen molar-refractivity contribution in [1.29, 1.82) is 0 Å². The Morgan fingerprint density at radius 1 is 1.38 bits per heavy atom. The van der Waals surface area contributed by atoms with Crippen LogP contribution in [0, 0.1) is 24.7 Å². The third-order valence-electron chi connectivity index (χ3n) is 5.09. The summed E-state index contributed by atoms with van der Waals surface area (Å²) in [6, 6.07) is 3.63. The highest BCUT2D eigenvalue weighted by Gasteiger charge is 2.40. The summed E-state index contributed by atoms with van der Waals surface area (Å²) in [6.07, 6.45) is 5.88. The van der Waals surface area contributed by atoms with E-state index in [2.05, 4.69) is 5.32 Å². The highest BCUT2D eigenvalue weighted by atomic mass is 35.5. The Kier molecular flexibility index (Phi) is 4.12. The van der Waals surface area contributed by atoms with Crippen molar-refractivity contribution in [3.05, 3.63) is 22.7 Å². The first-order chi connectivity index (χ1) is 10.1. The quantitative estimate of drug-likeness (QED) is 0.894. The molecule has 21 heavy (non-hydrogen) atoms. The summed E-state index contributed by atoms with van der Waals surface area (Å²) in [5, 5.41) is 3.64. The Hall–Kier alpha value is -1.22. The van der Waals surface area contributed by atoms with Gasteiger partial charge in [0, 0.05) is 17.5 Å². The van der Waals surface area contributed by atoms with Crippen LogP contribution in [0.25, 0.3) is 0 Å². The molecule has 4 heteroatoms. The number of ether oxygens (including phenoxy) is 1. The first-order valence-corrected chi connectivity index (χ1v) is 8.08. The van der Waals surface area contributed by atoms with Crippen LogP contribution in [-0.2, 0) is 4.79 Å². The summed E-state index contributed by atoms with van der Waals surface area (Å²) >= 11 is 6.09. The fourth-order valence-electron chi connectivity index (χ4n) is 4.00. The van der Waals surface area contributed by atoms with Gasteiger partial charge in [0.1, 0.15) is 5.75 Å². The monoisotopic (exact) mass is 307 g/mol. The molecule has 0 radical (unpaired) electrons. The number of benzene rings is 1. The number of halogens is 1. The van der Waals surface area contributed by atoms with Crippen molar-refractivity contribution < 1.29 is 9.53 Å². The largest absolute Gasteiger partial charge is 0.495 e. The van der Waals surface area contributed by atoms with Crippen molar-refractivity contribution in [2.45, 2.75) is 39.0 Å². The van der Waals surface area contributed by atoms with E-state index in [4.69, 9.17) is 16.3 Å². The smallest absolute Gasteiger partial charge is 0.224 e. The molecule has 0 spiro atoms. The Morgan fingerprint density at radius 3 is 2.81 bits per heavy atom. The standard InChI is InChI=1S/C17H22ClNO2/c1-10-5-15(16(21-2)9-14(10)18)19-17(20)8-13-7-11-3-4-12(13)6-11/h5,9,11-13H,3-4,6-8H2,1-2H3,(H,19,20)/t11-,12-,13+/m0/s1. The van der Waals surface area contributed by atoms with Gasteiger partial charge in [0.2, 0.25) is 5.91 Å². The van der Waals surface area contributed by atoms with E-state index in [-0.39, 0.29) is 5.91 Å². The number of nitrogens with one attached hydrogen (secondary N) is 1. The molecule has 0 aliphatic heterocycles. The van der Waals surface area contributed by atoms with Crippen molar-refractivity contribution >= 4 is 23.2 Å². The van der Waals surface area contributed by atoms with Crippen LogP contribution in [0.1, 0.15) is 37.7 Å². The number of carbonyl (C=O) groups is 1. The molecule has 2 saturated carbocycles. The minimum Gasteiger partial charge on any atom is -0.495 e. The average molecular weight is 308 g/mol. The summed E-state index contributed by atoms with van der Waals surface area (Å²) in [7, 11) is 1.59. The van der Waals surface area contributed by atoms with Crippen LogP contribution in [-0.4, -0.2) is 13.0 Å². The molecule has 2 fully saturated rings. The molecule has 3 atom stereocenters. The molecule has 2 bridgehead atoms. The molecule has 0 heterocycles. The number of carbonyl (C=O) groups excluding carboxylic acids is 1. The second-order valence-corrected chi connectivity index (χ2v) is 6.90. The molecule has 3 rings (SSSR count). The molecule has 1 aromatic rings. The summed E-state index contributed by atoms with van der Waals surface area (Å²) in [5.74, 6) is 2.93. The van der Waals surface area contributed by atoms with E-state index in [9.17, 15) is 4.79 Å². The van der Waals surface area contributed by atoms with Crippen LogP contribution in [0.2, 0.25) is 5.02 Å². The van der Waals surface area contributed by atoms with Gasteiger partial charge in [0.15, 0.2) is 0 Å². The van der Waals surface area contributed by atoms with Crippen LogP contribution < -0.4 is 10.1 Å². The maximum atomic E-state index is 12.3. The number of aryl methyl sites for hydroxylation is 1. The lowest BCUT2D eigenvalue weighted by Crippen LogP contribution is -2.20. The first-order valence-electron chi connectivity index (χ1n) is 7.70. The number of methoxy groups -OCH3 is 1. The predicted molar refractivity (Wildman–Crippen MR) is 84.9 cm³/mol. The van der Waals surface area contributed by atoms with Crippen molar-refractivity contribution in [1.82, 2.24) is 0 Å². The number of hydrogen-bond donors (Lipinski definition) is 1. The van der Waals surface area contributed by atoms with Gasteiger partial charge in [-0.05, 0) is 55.6 Å². The summed E-state index contributed by atoms with van der Waals surface area (Å²) in [5.41, 5.74) is 1.65. The maximum absolute atomic E-state index is 12.3. The second-order valence-electron chi connectivity index (χ2n) is 6.49. The molecule has 1 aromatic carbocycles. The zero-order chi connectivity index (χ0) is 15.0. The molecular formula is C17H22ClNO2. The Morgan fingerprint density at radius 2 is 2.19 bits per heavy atom. The number of amides is 1. The van der Waals surface area contributed by atoms with E-state index >= 15 is 0 Å². The summed E-state index contributed by atoms with van der Waals surface area (Å²) < 4.78 is 5.30. The van der Waals surface area contributed by atoms with Crippen LogP contribution in [0.15, 0.2) is 12.1 Å². The zero-order valence-electron chi connectivity index (χ0n) is 12.6. The molecule has 0 aromatic heterocycles. The molecule has 114 valence electrons. The van der Waals surface area contributed by atoms with Gasteiger partial charge in [-0.3, -0.25) is 4.79 Å². The van der Waals surface area contributed by atoms with Crippen LogP contribution in [0.5, 0.6) is 5.75 Å². The van der Waals surface area contributed by atoms with Crippen LogP contribution in [0.3, 0.4) is 0 Å². The summed E-state index contributed by atoms with van der Waals surface area (Å²) in [6.45, 7) is 1.92. The van der Waals surface area contributed by atoms with E-state index in [1.165, 1.54) is 25.7 Å². The molecular weight excluding hydrogens is 286 g/mol. The lowest BCUT2D eigenvalue weighted by Gasteiger charge is -2.21. The van der Waals surface area contributed by atoms with E-state index in [0.29, 0.717) is 28.8 Å². The van der Waals surface area contributed by atoms with Gasteiger partial charge < -0.3 is 10.1 Å². The van der Waals surface area contributed by atoms with Gasteiger partial charge in [0.05, 0.1) is 12.8 Å². The predicted octanol–water partition coefficient (Wildman–Crippen LogP) is 4.42. The normalized spacial score (nSPS) is 26.9. The highest BCUT2D eigenvalue weighted by Crippen LogP contribution is 2.49. The molecule has 3 nitrogen and oxygen atoms in total. The van der Waals surface area contributed by atoms with Gasteiger partial charge in [-0.2, -0.15) is 0 Å². The fraction of sp³-hybridized carbons (Fsp3) is 0.588. The zero-order valence-corrected chi connectivity index (χ0v) is 13.4. The minimum atomic E-state index is 0.0903. The van der Waals surface area contributed by atoms with E-state index < -0.39 is 0 Å². The minimum absolute atomic E-state index is 0.0903. The topological polar surface area (TPSA) is 38.3 Å². The van der Waals surface area contributed by atoms with Crippen LogP contribution in [0.4, 0.5) is 5.69 Å². The number of rotatable bonds is 4. The number of anilines is 1. The van der Waals surface area contributed by atoms with Gasteiger partial charge in [-0.15, -0.1) is 0 Å². The second kappa shape index (κ2) is 5.88. The third-order valence-corrected chi connectivity index (χ3v) is 5.49. The number of fused-ring (bicyclic) bond motifs is 2. The van der Waals surface area contributed by atoms with Gasteiger partial charge in [-0.1, -0.05) is 18.0 Å². The number of hydrogen-bond acceptors (Lipinski definition) is 2. The fourth-order valence-corrected chi connectivity index (χ4v) is 4.15. The molecule has 0 saturated heterocycles. The lowest BCUT2D eigenvalue weighted by atomic mass is 9.86. The lowest BCUT2D eigenvalue weighted by molar-refractivity contribution is -0.117. The molecule has 0 unspecified atom stereocenters. The Balaban J connectivity index is 1.66. The van der Waals surface area contributed by atoms with Crippen molar-refractivity contribution in [3.63, 3.8) is 0 Å². The van der Waals surface area contributed by atoms with Crippen LogP contribution >= 0.6 is 11.6 Å². The summed E-state index contributed by atoms with van der Waals surface area (Å²) in [4.78, 5) is 12.3. The molecule has 1 amide bonds.